The number of sulfone groups is 1. The smallest absolute Gasteiger partial charge is 0.278 e. The van der Waals surface area contributed by atoms with E-state index in [1.54, 1.807) is 12.3 Å². The maximum absolute atomic E-state index is 13.3. The Morgan fingerprint density at radius 3 is 2.60 bits per heavy atom. The van der Waals surface area contributed by atoms with E-state index in [2.05, 4.69) is 11.6 Å². The Bertz CT molecular complexity index is 1490. The van der Waals surface area contributed by atoms with Crippen molar-refractivity contribution in [3.63, 3.8) is 0 Å². The van der Waals surface area contributed by atoms with Gasteiger partial charge in [0.05, 0.1) is 11.4 Å². The second-order valence-corrected chi connectivity index (χ2v) is 8.76. The van der Waals surface area contributed by atoms with Gasteiger partial charge in [-0.2, -0.15) is 0 Å². The van der Waals surface area contributed by atoms with E-state index in [1.807, 2.05) is 13.0 Å². The molecule has 7 nitrogen and oxygen atoms in total. The molecule has 3 aromatic heterocycles. The number of fused-ring (bicyclic) bond motifs is 2. The Hall–Kier alpha value is -3.59. The first-order chi connectivity index (χ1) is 14.2. The van der Waals surface area contributed by atoms with E-state index in [4.69, 9.17) is 5.73 Å². The number of aryl methyl sites for hydroxylation is 1. The molecule has 4 rings (SSSR count). The van der Waals surface area contributed by atoms with E-state index >= 15 is 0 Å². The fourth-order valence-electron chi connectivity index (χ4n) is 3.30. The molecule has 0 amide bonds. The summed E-state index contributed by atoms with van der Waals surface area (Å²) in [4.78, 5) is 17.3. The Morgan fingerprint density at radius 1 is 1.23 bits per heavy atom. The summed E-state index contributed by atoms with van der Waals surface area (Å²) in [7, 11) is -4.12. The first-order valence-corrected chi connectivity index (χ1v) is 10.5. The van der Waals surface area contributed by atoms with Crippen LogP contribution in [0.4, 0.5) is 10.2 Å². The average Bonchev–Trinajstić information content (AvgIpc) is 2.71. The summed E-state index contributed by atoms with van der Waals surface area (Å²) in [5, 5.41) is 0.0924. The average molecular weight is 425 g/mol. The van der Waals surface area contributed by atoms with Gasteiger partial charge in [-0.1, -0.05) is 23.7 Å². The molecule has 30 heavy (non-hydrogen) atoms. The molecule has 152 valence electrons. The van der Waals surface area contributed by atoms with Crippen molar-refractivity contribution in [2.75, 3.05) is 5.73 Å². The third-order valence-electron chi connectivity index (χ3n) is 4.78. The SMILES string of the molecule is C=CC[n+]1c(N)c(S(=O)(=O)c2ccc(F)cc2)cc2c(=O)n3cc(C)ccc3nc21. The minimum absolute atomic E-state index is 0.0879. The lowest BCUT2D eigenvalue weighted by Gasteiger charge is -2.12. The number of hydrogen-bond donors (Lipinski definition) is 1. The number of rotatable bonds is 4. The van der Waals surface area contributed by atoms with E-state index in [0.717, 1.165) is 29.8 Å². The number of nitrogens with two attached hydrogens (primary N) is 1. The van der Waals surface area contributed by atoms with E-state index in [-0.39, 0.29) is 33.2 Å². The minimum Gasteiger partial charge on any atom is -0.317 e. The van der Waals surface area contributed by atoms with Crippen LogP contribution in [0.1, 0.15) is 5.56 Å². The largest absolute Gasteiger partial charge is 0.317 e. The summed E-state index contributed by atoms with van der Waals surface area (Å²) in [6, 6.07) is 9.16. The molecule has 9 heteroatoms. The van der Waals surface area contributed by atoms with E-state index in [1.165, 1.54) is 21.1 Å². The highest BCUT2D eigenvalue weighted by Crippen LogP contribution is 2.26. The third-order valence-corrected chi connectivity index (χ3v) is 6.58. The van der Waals surface area contributed by atoms with Crippen LogP contribution in [-0.2, 0) is 16.4 Å². The fourth-order valence-corrected chi connectivity index (χ4v) is 4.71. The molecule has 3 heterocycles. The number of aromatic nitrogens is 3. The van der Waals surface area contributed by atoms with Gasteiger partial charge in [0.15, 0.2) is 0 Å². The predicted molar refractivity (Wildman–Crippen MR) is 110 cm³/mol. The molecule has 4 aromatic rings. The van der Waals surface area contributed by atoms with Gasteiger partial charge in [0.1, 0.15) is 16.1 Å². The molecule has 2 N–H and O–H groups in total. The van der Waals surface area contributed by atoms with Gasteiger partial charge >= 0.3 is 0 Å². The van der Waals surface area contributed by atoms with Crippen LogP contribution in [0.25, 0.3) is 16.7 Å². The number of benzene rings is 1. The van der Waals surface area contributed by atoms with Crippen LogP contribution in [0.2, 0.25) is 0 Å². The summed E-state index contributed by atoms with van der Waals surface area (Å²) in [5.74, 6) is -0.651. The van der Waals surface area contributed by atoms with Gasteiger partial charge < -0.3 is 5.73 Å². The molecule has 1 aromatic carbocycles. The van der Waals surface area contributed by atoms with E-state index in [0.29, 0.717) is 5.65 Å². The number of nitrogen functional groups attached to an aromatic ring is 1. The zero-order chi connectivity index (χ0) is 21.6. The van der Waals surface area contributed by atoms with Gasteiger partial charge in [0.25, 0.3) is 11.2 Å². The van der Waals surface area contributed by atoms with Gasteiger partial charge in [-0.25, -0.2) is 17.4 Å². The van der Waals surface area contributed by atoms with Gasteiger partial charge in [-0.05, 0) is 48.9 Å². The lowest BCUT2D eigenvalue weighted by atomic mass is 10.2. The minimum atomic E-state index is -4.12. The first-order valence-electron chi connectivity index (χ1n) is 9.00. The quantitative estimate of drug-likeness (QED) is 0.234. The van der Waals surface area contributed by atoms with Crippen LogP contribution in [0.3, 0.4) is 0 Å². The topological polar surface area (TPSA) is 98.4 Å². The first kappa shape index (κ1) is 19.7. The van der Waals surface area contributed by atoms with Gasteiger partial charge in [-0.3, -0.25) is 9.20 Å². The molecular formula is C21H18FN4O3S+. The molecule has 0 aliphatic carbocycles. The molecule has 0 radical (unpaired) electrons. The normalized spacial score (nSPS) is 11.8. The van der Waals surface area contributed by atoms with Gasteiger partial charge in [0.2, 0.25) is 21.3 Å². The van der Waals surface area contributed by atoms with Crippen molar-refractivity contribution < 1.29 is 17.4 Å². The molecule has 0 saturated heterocycles. The Kier molecular flexibility index (Phi) is 4.62. The predicted octanol–water partition coefficient (Wildman–Crippen LogP) is 2.18. The van der Waals surface area contributed by atoms with Crippen LogP contribution < -0.4 is 15.9 Å². The third kappa shape index (κ3) is 3.03. The summed E-state index contributed by atoms with van der Waals surface area (Å²) in [5.41, 5.74) is 7.30. The zero-order valence-electron chi connectivity index (χ0n) is 16.0. The Labute approximate surface area is 171 Å². The Balaban J connectivity index is 2.13. The summed E-state index contributed by atoms with van der Waals surface area (Å²) >= 11 is 0. The number of pyridine rings is 2. The number of allylic oxidation sites excluding steroid dienone is 1. The maximum Gasteiger partial charge on any atom is 0.278 e. The van der Waals surface area contributed by atoms with Crippen LogP contribution in [-0.4, -0.2) is 17.8 Å². The molecule has 0 fully saturated rings. The number of anilines is 1. The van der Waals surface area contributed by atoms with Crippen molar-refractivity contribution in [2.45, 2.75) is 23.3 Å². The molecule has 0 bridgehead atoms. The highest BCUT2D eigenvalue weighted by atomic mass is 32.2. The molecule has 0 aliphatic rings. The summed E-state index contributed by atoms with van der Waals surface area (Å²) in [6.07, 6.45) is 3.16. The van der Waals surface area contributed by atoms with Gasteiger partial charge in [0, 0.05) is 6.20 Å². The highest BCUT2D eigenvalue weighted by Gasteiger charge is 2.29. The van der Waals surface area contributed by atoms with Crippen molar-refractivity contribution in [3.8, 4) is 0 Å². The van der Waals surface area contributed by atoms with Crippen LogP contribution in [0, 0.1) is 12.7 Å². The molecule has 0 unspecified atom stereocenters. The number of hydrogen-bond acceptors (Lipinski definition) is 5. The van der Waals surface area contributed by atoms with Crippen molar-refractivity contribution >= 4 is 32.3 Å². The number of nitrogens with zero attached hydrogens (tertiary/aromatic N) is 3. The lowest BCUT2D eigenvalue weighted by molar-refractivity contribution is -0.649. The Morgan fingerprint density at radius 2 is 1.93 bits per heavy atom. The molecule has 0 aliphatic heterocycles. The van der Waals surface area contributed by atoms with Crippen molar-refractivity contribution in [2.24, 2.45) is 0 Å². The monoisotopic (exact) mass is 425 g/mol. The zero-order valence-corrected chi connectivity index (χ0v) is 16.9. The highest BCUT2D eigenvalue weighted by molar-refractivity contribution is 7.91. The second kappa shape index (κ2) is 7.03. The van der Waals surface area contributed by atoms with Crippen LogP contribution in [0.5, 0.6) is 0 Å². The molecular weight excluding hydrogens is 407 g/mol. The molecule has 0 atom stereocenters. The maximum atomic E-state index is 13.3. The van der Waals surface area contributed by atoms with Crippen LogP contribution in [0.15, 0.2) is 75.9 Å². The van der Waals surface area contributed by atoms with E-state index in [9.17, 15) is 17.6 Å². The summed E-state index contributed by atoms with van der Waals surface area (Å²) < 4.78 is 42.5. The van der Waals surface area contributed by atoms with Gasteiger partial charge in [-0.15, -0.1) is 0 Å². The standard InChI is InChI=1S/C21H17FN4O3S/c1-3-10-25-19(23)17(30(28,29)15-7-5-14(22)6-8-15)11-16-20(25)24-18-9-4-13(2)12-26(18)21(16)27/h3-9,11-12,23H,1,10H2,2H3/p+1. The van der Waals surface area contributed by atoms with Crippen LogP contribution >= 0.6 is 0 Å². The molecule has 0 spiro atoms. The fraction of sp³-hybridized carbons (Fsp3) is 0.0952. The van der Waals surface area contributed by atoms with Crippen molar-refractivity contribution in [1.82, 2.24) is 9.38 Å². The van der Waals surface area contributed by atoms with Crippen molar-refractivity contribution in [1.29, 1.82) is 0 Å². The second-order valence-electron chi connectivity index (χ2n) is 6.84. The number of halogens is 1. The van der Waals surface area contributed by atoms with Crippen molar-refractivity contribution in [3.05, 3.63) is 83.1 Å². The lowest BCUT2D eigenvalue weighted by Crippen LogP contribution is -2.41. The van der Waals surface area contributed by atoms with E-state index < -0.39 is 21.2 Å². The summed E-state index contributed by atoms with van der Waals surface area (Å²) in [6.45, 7) is 5.66. The molecule has 0 saturated carbocycles.